The minimum absolute atomic E-state index is 0.0842. The van der Waals surface area contributed by atoms with Crippen molar-refractivity contribution in [2.75, 3.05) is 6.61 Å². The van der Waals surface area contributed by atoms with Crippen molar-refractivity contribution in [2.45, 2.75) is 31.9 Å². The van der Waals surface area contributed by atoms with E-state index in [1.54, 1.807) is 18.2 Å². The highest BCUT2D eigenvalue weighted by molar-refractivity contribution is 5.91. The van der Waals surface area contributed by atoms with E-state index in [1.165, 1.54) is 31.2 Å². The molecule has 148 valence electrons. The molecular formula is C21H22F2N2O3. The largest absolute Gasteiger partial charge is 0.394 e. The van der Waals surface area contributed by atoms with Gasteiger partial charge in [-0.2, -0.15) is 0 Å². The van der Waals surface area contributed by atoms with Crippen LogP contribution in [0.15, 0.2) is 42.5 Å². The van der Waals surface area contributed by atoms with Gasteiger partial charge in [-0.25, -0.2) is 8.78 Å². The number of aryl methyl sites for hydroxylation is 1. The number of carbonyl (C=O) groups is 1. The number of hydrogen-bond donors (Lipinski definition) is 4. The molecule has 0 bridgehead atoms. The van der Waals surface area contributed by atoms with Gasteiger partial charge >= 0.3 is 0 Å². The number of aliphatic hydroxyl groups excluding tert-OH is 2. The average molecular weight is 388 g/mol. The maximum absolute atomic E-state index is 13.8. The lowest BCUT2D eigenvalue weighted by Crippen LogP contribution is -2.44. The number of benzene rings is 2. The minimum Gasteiger partial charge on any atom is -0.394 e. The Balaban J connectivity index is 1.90. The molecule has 0 unspecified atom stereocenters. The first kappa shape index (κ1) is 20.0. The molecule has 3 aromatic rings. The summed E-state index contributed by atoms with van der Waals surface area (Å²) >= 11 is 0. The normalized spacial score (nSPS) is 13.5. The molecule has 1 heterocycles. The summed E-state index contributed by atoms with van der Waals surface area (Å²) in [6.45, 7) is 1.11. The fourth-order valence-electron chi connectivity index (χ4n) is 3.18. The van der Waals surface area contributed by atoms with Crippen LogP contribution < -0.4 is 5.32 Å². The van der Waals surface area contributed by atoms with E-state index >= 15 is 0 Å². The topological polar surface area (TPSA) is 85.3 Å². The van der Waals surface area contributed by atoms with Gasteiger partial charge in [-0.05, 0) is 66.9 Å². The van der Waals surface area contributed by atoms with E-state index in [2.05, 4.69) is 10.3 Å². The number of amides is 1. The molecule has 0 spiro atoms. The van der Waals surface area contributed by atoms with Crippen LogP contribution >= 0.6 is 0 Å². The molecule has 1 aromatic heterocycles. The maximum Gasteiger partial charge on any atom is 0.220 e. The minimum atomic E-state index is -0.883. The Labute approximate surface area is 161 Å². The molecule has 0 radical (unpaired) electrons. The number of carbonyl (C=O) groups excluding carboxylic acids is 1. The van der Waals surface area contributed by atoms with Gasteiger partial charge < -0.3 is 20.5 Å². The van der Waals surface area contributed by atoms with Crippen LogP contribution in [0.5, 0.6) is 0 Å². The van der Waals surface area contributed by atoms with Gasteiger partial charge in [-0.1, -0.05) is 0 Å². The van der Waals surface area contributed by atoms with Crippen molar-refractivity contribution in [3.05, 3.63) is 59.7 Å². The van der Waals surface area contributed by atoms with E-state index in [4.69, 9.17) is 0 Å². The number of aliphatic hydroxyl groups is 2. The van der Waals surface area contributed by atoms with Crippen LogP contribution in [0, 0.1) is 11.6 Å². The van der Waals surface area contributed by atoms with Gasteiger partial charge in [0.1, 0.15) is 11.6 Å². The highest BCUT2D eigenvalue weighted by atomic mass is 19.1. The third-order valence-electron chi connectivity index (χ3n) is 4.73. The molecular weight excluding hydrogens is 366 g/mol. The number of nitrogens with one attached hydrogen (secondary N) is 2. The van der Waals surface area contributed by atoms with Crippen molar-refractivity contribution < 1.29 is 23.8 Å². The molecule has 0 fully saturated rings. The number of rotatable bonds is 7. The van der Waals surface area contributed by atoms with Crippen molar-refractivity contribution >= 4 is 16.8 Å². The fraction of sp³-hybridized carbons (Fsp3) is 0.286. The van der Waals surface area contributed by atoms with Crippen LogP contribution in [0.25, 0.3) is 22.2 Å². The summed E-state index contributed by atoms with van der Waals surface area (Å²) in [5.74, 6) is -1.09. The maximum atomic E-state index is 13.8. The smallest absolute Gasteiger partial charge is 0.220 e. The Morgan fingerprint density at radius 3 is 2.46 bits per heavy atom. The summed E-state index contributed by atoms with van der Waals surface area (Å²) in [7, 11) is 0. The molecule has 2 aromatic carbocycles. The van der Waals surface area contributed by atoms with E-state index < -0.39 is 18.0 Å². The number of aromatic amines is 1. The predicted octanol–water partition coefficient (Wildman–Crippen LogP) is 2.90. The van der Waals surface area contributed by atoms with Gasteiger partial charge in [0.15, 0.2) is 0 Å². The molecule has 0 saturated carbocycles. The standard InChI is InChI=1S/C21H22F2N2O3/c1-12(27)19(11-26)24-20(28)9-7-16-17-10-15(23)6-8-18(17)25-21(16)13-2-4-14(22)5-3-13/h2-6,8,10,12,19,25-27H,7,9,11H2,1H3,(H,24,28)/t12-,19+/m1/s1. The first-order valence-corrected chi connectivity index (χ1v) is 9.03. The van der Waals surface area contributed by atoms with E-state index in [0.717, 1.165) is 11.1 Å². The average Bonchev–Trinajstić information content (AvgIpc) is 3.02. The summed E-state index contributed by atoms with van der Waals surface area (Å²) in [6, 6.07) is 9.54. The highest BCUT2D eigenvalue weighted by Gasteiger charge is 2.19. The highest BCUT2D eigenvalue weighted by Crippen LogP contribution is 2.32. The molecule has 0 aliphatic carbocycles. The number of hydrogen-bond acceptors (Lipinski definition) is 3. The third kappa shape index (κ3) is 4.37. The zero-order valence-corrected chi connectivity index (χ0v) is 15.4. The predicted molar refractivity (Wildman–Crippen MR) is 103 cm³/mol. The SMILES string of the molecule is C[C@@H](O)[C@H](CO)NC(=O)CCc1c(-c2ccc(F)cc2)[nH]c2ccc(F)cc12. The van der Waals surface area contributed by atoms with E-state index in [1.807, 2.05) is 0 Å². The molecule has 3 rings (SSSR count). The molecule has 4 N–H and O–H groups in total. The van der Waals surface area contributed by atoms with Crippen LogP contribution in [0.1, 0.15) is 18.9 Å². The summed E-state index contributed by atoms with van der Waals surface area (Å²) in [5, 5.41) is 22.0. The van der Waals surface area contributed by atoms with Crippen LogP contribution in [0.4, 0.5) is 8.78 Å². The summed E-state index contributed by atoms with van der Waals surface area (Å²) in [5.41, 5.74) is 2.88. The third-order valence-corrected chi connectivity index (χ3v) is 4.73. The van der Waals surface area contributed by atoms with Crippen molar-refractivity contribution in [1.29, 1.82) is 0 Å². The van der Waals surface area contributed by atoms with Crippen LogP contribution in [0.2, 0.25) is 0 Å². The van der Waals surface area contributed by atoms with Gasteiger partial charge in [0.2, 0.25) is 5.91 Å². The van der Waals surface area contributed by atoms with Gasteiger partial charge in [0, 0.05) is 23.0 Å². The van der Waals surface area contributed by atoms with Crippen LogP contribution in [-0.4, -0.2) is 39.9 Å². The lowest BCUT2D eigenvalue weighted by Gasteiger charge is -2.19. The van der Waals surface area contributed by atoms with Crippen molar-refractivity contribution in [3.8, 4) is 11.3 Å². The van der Waals surface area contributed by atoms with Gasteiger partial charge in [0.25, 0.3) is 0 Å². The lowest BCUT2D eigenvalue weighted by molar-refractivity contribution is -0.123. The second-order valence-electron chi connectivity index (χ2n) is 6.77. The first-order chi connectivity index (χ1) is 13.4. The molecule has 2 atom stereocenters. The second kappa shape index (κ2) is 8.50. The number of H-pyrrole nitrogens is 1. The Morgan fingerprint density at radius 1 is 1.14 bits per heavy atom. The van der Waals surface area contributed by atoms with Gasteiger partial charge in [0.05, 0.1) is 18.8 Å². The number of fused-ring (bicyclic) bond motifs is 1. The molecule has 5 nitrogen and oxygen atoms in total. The molecule has 0 aliphatic rings. The Kier molecular flexibility index (Phi) is 6.06. The summed E-state index contributed by atoms with van der Waals surface area (Å²) < 4.78 is 27.1. The van der Waals surface area contributed by atoms with E-state index in [0.29, 0.717) is 23.0 Å². The molecule has 0 saturated heterocycles. The lowest BCUT2D eigenvalue weighted by atomic mass is 10.0. The zero-order chi connectivity index (χ0) is 20.3. The second-order valence-corrected chi connectivity index (χ2v) is 6.77. The Morgan fingerprint density at radius 2 is 1.82 bits per heavy atom. The van der Waals surface area contributed by atoms with Crippen LogP contribution in [0.3, 0.4) is 0 Å². The molecule has 0 aliphatic heterocycles. The van der Waals surface area contributed by atoms with Crippen molar-refractivity contribution in [2.24, 2.45) is 0 Å². The Bertz CT molecular complexity index is 968. The quantitative estimate of drug-likeness (QED) is 0.502. The van der Waals surface area contributed by atoms with E-state index in [9.17, 15) is 23.8 Å². The van der Waals surface area contributed by atoms with Crippen LogP contribution in [-0.2, 0) is 11.2 Å². The number of aromatic nitrogens is 1. The van der Waals surface area contributed by atoms with Crippen molar-refractivity contribution in [1.82, 2.24) is 10.3 Å². The fourth-order valence-corrected chi connectivity index (χ4v) is 3.18. The first-order valence-electron chi connectivity index (χ1n) is 9.03. The Hall–Kier alpha value is -2.77. The van der Waals surface area contributed by atoms with Gasteiger partial charge in [-0.3, -0.25) is 4.79 Å². The monoisotopic (exact) mass is 388 g/mol. The molecule has 28 heavy (non-hydrogen) atoms. The zero-order valence-electron chi connectivity index (χ0n) is 15.4. The van der Waals surface area contributed by atoms with Gasteiger partial charge in [-0.15, -0.1) is 0 Å². The summed E-state index contributed by atoms with van der Waals surface area (Å²) in [6.07, 6.45) is -0.494. The van der Waals surface area contributed by atoms with Crippen molar-refractivity contribution in [3.63, 3.8) is 0 Å². The molecule has 7 heteroatoms. The summed E-state index contributed by atoms with van der Waals surface area (Å²) in [4.78, 5) is 15.5. The molecule has 1 amide bonds. The van der Waals surface area contributed by atoms with E-state index in [-0.39, 0.29) is 24.8 Å². The number of halogens is 2.